The summed E-state index contributed by atoms with van der Waals surface area (Å²) >= 11 is 0. The minimum Gasteiger partial charge on any atom is -0.490 e. The van der Waals surface area contributed by atoms with E-state index in [9.17, 15) is 22.0 Å². The lowest BCUT2D eigenvalue weighted by Gasteiger charge is -2.23. The maximum Gasteiger partial charge on any atom is 0.201 e. The third-order valence-corrected chi connectivity index (χ3v) is 6.33. The van der Waals surface area contributed by atoms with E-state index in [4.69, 9.17) is 9.47 Å². The third-order valence-electron chi connectivity index (χ3n) is 6.33. The van der Waals surface area contributed by atoms with Gasteiger partial charge in [-0.2, -0.15) is 4.39 Å². The minimum atomic E-state index is -1.10. The number of hydrogen-bond acceptors (Lipinski definition) is 2. The van der Waals surface area contributed by atoms with Gasteiger partial charge in [-0.3, -0.25) is 0 Å². The Labute approximate surface area is 207 Å². The molecule has 3 aromatic rings. The number of allylic oxidation sites excluding steroid dienone is 1. The normalized spacial score (nSPS) is 15.6. The topological polar surface area (TPSA) is 18.5 Å². The molecule has 3 aromatic carbocycles. The van der Waals surface area contributed by atoms with Crippen molar-refractivity contribution in [3.63, 3.8) is 0 Å². The Hall–Kier alpha value is -3.19. The van der Waals surface area contributed by atoms with Gasteiger partial charge >= 0.3 is 0 Å². The molecule has 0 saturated heterocycles. The zero-order chi connectivity index (χ0) is 25.8. The average molecular weight is 503 g/mol. The van der Waals surface area contributed by atoms with Gasteiger partial charge in [-0.25, -0.2) is 17.6 Å². The molecule has 0 saturated carbocycles. The van der Waals surface area contributed by atoms with Crippen LogP contribution in [0.4, 0.5) is 22.0 Å². The summed E-state index contributed by atoms with van der Waals surface area (Å²) in [6.45, 7) is 3.57. The molecule has 0 N–H and O–H groups in total. The number of rotatable bonds is 8. The molecule has 0 spiro atoms. The first-order valence-electron chi connectivity index (χ1n) is 11.9. The Morgan fingerprint density at radius 3 is 2.33 bits per heavy atom. The monoisotopic (exact) mass is 502 g/mol. The minimum absolute atomic E-state index is 0.0485. The summed E-state index contributed by atoms with van der Waals surface area (Å²) in [7, 11) is 0. The molecule has 0 aromatic heterocycles. The van der Waals surface area contributed by atoms with Crippen LogP contribution in [0.15, 0.2) is 48.5 Å². The summed E-state index contributed by atoms with van der Waals surface area (Å²) in [4.78, 5) is 0. The molecule has 4 rings (SSSR count). The summed E-state index contributed by atoms with van der Waals surface area (Å²) in [6.07, 6.45) is 3.92. The molecule has 0 radical (unpaired) electrons. The number of halogens is 5. The standard InChI is InChI=1S/C29H27F5O2/c1-3-14-35-25-13-12-23(28(33)29(25)34)19-8-11-22(24(30)15-19)18-6-9-21(10-7-18)36-16-20-5-4-17(2)26(31)27(20)32/h4-6,8,11-13,15,21H,3,7,9-10,14,16H2,1-2H3. The number of ether oxygens (including phenoxy) is 2. The van der Waals surface area contributed by atoms with E-state index in [1.54, 1.807) is 12.1 Å². The number of hydrogen-bond donors (Lipinski definition) is 0. The van der Waals surface area contributed by atoms with Crippen molar-refractivity contribution in [2.24, 2.45) is 0 Å². The first-order valence-corrected chi connectivity index (χ1v) is 11.9. The maximum absolute atomic E-state index is 15.0. The summed E-state index contributed by atoms with van der Waals surface area (Å²) in [6, 6.07) is 10.0. The Morgan fingerprint density at radius 2 is 1.64 bits per heavy atom. The van der Waals surface area contributed by atoms with E-state index in [1.807, 2.05) is 13.0 Å². The first kappa shape index (κ1) is 25.9. The molecular formula is C29H27F5O2. The largest absolute Gasteiger partial charge is 0.490 e. The molecule has 1 atom stereocenters. The summed E-state index contributed by atoms with van der Waals surface area (Å²) in [5.74, 6) is -4.67. The predicted molar refractivity (Wildman–Crippen MR) is 129 cm³/mol. The van der Waals surface area contributed by atoms with Crippen LogP contribution in [-0.4, -0.2) is 12.7 Å². The zero-order valence-corrected chi connectivity index (χ0v) is 20.1. The van der Waals surface area contributed by atoms with Crippen LogP contribution < -0.4 is 4.74 Å². The first-order chi connectivity index (χ1) is 17.3. The Balaban J connectivity index is 1.44. The molecule has 0 fully saturated rings. The van der Waals surface area contributed by atoms with Crippen LogP contribution in [0.3, 0.4) is 0 Å². The van der Waals surface area contributed by atoms with Gasteiger partial charge in [0.25, 0.3) is 0 Å². The molecule has 0 aliphatic heterocycles. The molecule has 7 heteroatoms. The van der Waals surface area contributed by atoms with Gasteiger partial charge in [0, 0.05) is 16.7 Å². The van der Waals surface area contributed by atoms with Crippen molar-refractivity contribution in [3.8, 4) is 16.9 Å². The lowest BCUT2D eigenvalue weighted by molar-refractivity contribution is 0.0342. The van der Waals surface area contributed by atoms with E-state index in [0.29, 0.717) is 31.2 Å². The van der Waals surface area contributed by atoms with E-state index in [2.05, 4.69) is 0 Å². The second kappa shape index (κ2) is 11.2. The highest BCUT2D eigenvalue weighted by atomic mass is 19.2. The Bertz CT molecular complexity index is 1290. The van der Waals surface area contributed by atoms with Crippen LogP contribution in [0.25, 0.3) is 16.7 Å². The van der Waals surface area contributed by atoms with Crippen molar-refractivity contribution < 1.29 is 31.4 Å². The zero-order valence-electron chi connectivity index (χ0n) is 20.1. The number of aryl methyl sites for hydroxylation is 1. The highest BCUT2D eigenvalue weighted by Crippen LogP contribution is 2.35. The number of benzene rings is 3. The molecule has 1 aliphatic rings. The lowest BCUT2D eigenvalue weighted by Crippen LogP contribution is -2.16. The van der Waals surface area contributed by atoms with Crippen LogP contribution in [0.1, 0.15) is 49.3 Å². The quantitative estimate of drug-likeness (QED) is 0.289. The lowest BCUT2D eigenvalue weighted by atomic mass is 9.90. The van der Waals surface area contributed by atoms with E-state index in [0.717, 1.165) is 5.57 Å². The molecule has 2 nitrogen and oxygen atoms in total. The fourth-order valence-electron chi connectivity index (χ4n) is 4.23. The van der Waals surface area contributed by atoms with Crippen molar-refractivity contribution in [2.45, 2.75) is 52.2 Å². The summed E-state index contributed by atoms with van der Waals surface area (Å²) in [5, 5.41) is 0. The van der Waals surface area contributed by atoms with Crippen molar-refractivity contribution in [1.29, 1.82) is 0 Å². The average Bonchev–Trinajstić information content (AvgIpc) is 2.88. The Morgan fingerprint density at radius 1 is 0.861 bits per heavy atom. The van der Waals surface area contributed by atoms with Crippen LogP contribution >= 0.6 is 0 Å². The van der Waals surface area contributed by atoms with Gasteiger partial charge in [0.15, 0.2) is 23.2 Å². The summed E-state index contributed by atoms with van der Waals surface area (Å²) in [5.41, 5.74) is 1.73. The third kappa shape index (κ3) is 5.46. The smallest absolute Gasteiger partial charge is 0.201 e. The maximum atomic E-state index is 15.0. The van der Waals surface area contributed by atoms with Crippen molar-refractivity contribution in [3.05, 3.63) is 94.3 Å². The van der Waals surface area contributed by atoms with E-state index in [-0.39, 0.29) is 47.3 Å². The highest BCUT2D eigenvalue weighted by molar-refractivity contribution is 5.72. The summed E-state index contributed by atoms with van der Waals surface area (Å²) < 4.78 is 82.7. The van der Waals surface area contributed by atoms with Gasteiger partial charge in [0.2, 0.25) is 5.82 Å². The highest BCUT2D eigenvalue weighted by Gasteiger charge is 2.21. The van der Waals surface area contributed by atoms with E-state index in [1.165, 1.54) is 37.3 Å². The molecule has 0 heterocycles. The van der Waals surface area contributed by atoms with Gasteiger partial charge in [0.1, 0.15) is 5.82 Å². The molecule has 190 valence electrons. The van der Waals surface area contributed by atoms with Crippen LogP contribution in [0.5, 0.6) is 5.75 Å². The van der Waals surface area contributed by atoms with Gasteiger partial charge in [-0.1, -0.05) is 37.3 Å². The van der Waals surface area contributed by atoms with Crippen molar-refractivity contribution in [1.82, 2.24) is 0 Å². The van der Waals surface area contributed by atoms with Gasteiger partial charge in [-0.15, -0.1) is 0 Å². The molecule has 1 unspecified atom stereocenters. The van der Waals surface area contributed by atoms with E-state index < -0.39 is 29.1 Å². The van der Waals surface area contributed by atoms with Gasteiger partial charge < -0.3 is 9.47 Å². The molecule has 36 heavy (non-hydrogen) atoms. The second-order valence-corrected chi connectivity index (χ2v) is 8.89. The molecule has 1 aliphatic carbocycles. The SMILES string of the molecule is CCCOc1ccc(-c2ccc(C3=CCC(OCc4ccc(C)c(F)c4F)CC3)c(F)c2)c(F)c1F. The molecule has 0 bridgehead atoms. The van der Waals surface area contributed by atoms with Gasteiger partial charge in [0.05, 0.1) is 19.3 Å². The predicted octanol–water partition coefficient (Wildman–Crippen LogP) is 8.30. The van der Waals surface area contributed by atoms with E-state index >= 15 is 0 Å². The van der Waals surface area contributed by atoms with Gasteiger partial charge in [-0.05, 0) is 67.5 Å². The molecular weight excluding hydrogens is 475 g/mol. The van der Waals surface area contributed by atoms with Crippen LogP contribution in [0.2, 0.25) is 0 Å². The fourth-order valence-corrected chi connectivity index (χ4v) is 4.23. The fraction of sp³-hybridized carbons (Fsp3) is 0.310. The van der Waals surface area contributed by atoms with Crippen molar-refractivity contribution in [2.75, 3.05) is 6.61 Å². The second-order valence-electron chi connectivity index (χ2n) is 8.89. The van der Waals surface area contributed by atoms with Crippen LogP contribution in [-0.2, 0) is 11.3 Å². The Kier molecular flexibility index (Phi) is 8.09. The van der Waals surface area contributed by atoms with Crippen LogP contribution in [0, 0.1) is 36.0 Å². The van der Waals surface area contributed by atoms with Crippen molar-refractivity contribution >= 4 is 5.57 Å². The molecule has 0 amide bonds.